The maximum Gasteiger partial charge on any atom is 0.223 e. The van der Waals surface area contributed by atoms with E-state index in [4.69, 9.17) is 0 Å². The predicted octanol–water partition coefficient (Wildman–Crippen LogP) is 2.57. The molecule has 1 unspecified atom stereocenters. The van der Waals surface area contributed by atoms with E-state index < -0.39 is 0 Å². The Labute approximate surface area is 147 Å². The second kappa shape index (κ2) is 8.68. The number of rotatable bonds is 5. The second-order valence-corrected chi connectivity index (χ2v) is 7.76. The zero-order valence-corrected chi connectivity index (χ0v) is 15.4. The monoisotopic (exact) mass is 343 g/mol. The van der Waals surface area contributed by atoms with Crippen LogP contribution in [0, 0.1) is 11.8 Å². The zero-order chi connectivity index (χ0) is 15.4. The average Bonchev–Trinajstić information content (AvgIpc) is 2.52. The molecule has 23 heavy (non-hydrogen) atoms. The summed E-state index contributed by atoms with van der Waals surface area (Å²) < 4.78 is 0. The van der Waals surface area contributed by atoms with Crippen molar-refractivity contribution in [3.05, 3.63) is 0 Å². The molecule has 1 atom stereocenters. The molecule has 1 saturated carbocycles. The summed E-state index contributed by atoms with van der Waals surface area (Å²) in [4.78, 5) is 15.2. The molecule has 5 heteroatoms. The van der Waals surface area contributed by atoms with Crippen molar-refractivity contribution in [3.63, 3.8) is 0 Å². The number of piperidine rings is 1. The second-order valence-electron chi connectivity index (χ2n) is 7.76. The summed E-state index contributed by atoms with van der Waals surface area (Å²) in [7, 11) is 0. The molecule has 0 spiro atoms. The Morgan fingerprint density at radius 1 is 1.13 bits per heavy atom. The van der Waals surface area contributed by atoms with Crippen molar-refractivity contribution in [2.75, 3.05) is 32.7 Å². The third-order valence-corrected chi connectivity index (χ3v) is 6.34. The number of hydrogen-bond donors (Lipinski definition) is 2. The molecule has 0 aromatic heterocycles. The molecule has 1 aliphatic carbocycles. The van der Waals surface area contributed by atoms with Crippen LogP contribution < -0.4 is 10.6 Å². The molecule has 3 aliphatic rings. The highest BCUT2D eigenvalue weighted by atomic mass is 35.5. The van der Waals surface area contributed by atoms with Crippen LogP contribution in [0.4, 0.5) is 0 Å². The highest BCUT2D eigenvalue weighted by molar-refractivity contribution is 5.85. The van der Waals surface area contributed by atoms with Gasteiger partial charge in [0.2, 0.25) is 5.91 Å². The maximum absolute atomic E-state index is 12.5. The third-order valence-electron chi connectivity index (χ3n) is 6.34. The topological polar surface area (TPSA) is 44.4 Å². The number of hydrogen-bond acceptors (Lipinski definition) is 3. The van der Waals surface area contributed by atoms with Gasteiger partial charge in [0.05, 0.1) is 0 Å². The molecule has 2 aliphatic heterocycles. The lowest BCUT2D eigenvalue weighted by Crippen LogP contribution is -2.59. The summed E-state index contributed by atoms with van der Waals surface area (Å²) in [5, 5.41) is 6.60. The van der Waals surface area contributed by atoms with E-state index >= 15 is 0 Å². The largest absolute Gasteiger partial charge is 0.354 e. The first-order valence-corrected chi connectivity index (χ1v) is 9.45. The standard InChI is InChI=1S/C18H33N3O.ClH/c1-15(16-12-19-13-16)17(22)20-14-18(8-4-2-5-9-18)21-10-6-3-7-11-21;/h15-16,19H,2-14H2,1H3,(H,20,22);1H. The van der Waals surface area contributed by atoms with Crippen LogP contribution in [-0.4, -0.2) is 49.1 Å². The Balaban J connectivity index is 0.00000192. The molecule has 3 rings (SSSR count). The van der Waals surface area contributed by atoms with Gasteiger partial charge in [0.25, 0.3) is 0 Å². The molecule has 134 valence electrons. The molecule has 0 bridgehead atoms. The van der Waals surface area contributed by atoms with E-state index in [1.165, 1.54) is 64.5 Å². The first kappa shape index (κ1) is 19.0. The Kier molecular flexibility index (Phi) is 7.18. The molecule has 2 saturated heterocycles. The van der Waals surface area contributed by atoms with Crippen molar-refractivity contribution < 1.29 is 4.79 Å². The van der Waals surface area contributed by atoms with Crippen LogP contribution in [0.1, 0.15) is 58.3 Å². The average molecular weight is 344 g/mol. The number of amides is 1. The number of carbonyl (C=O) groups excluding carboxylic acids is 1. The Morgan fingerprint density at radius 2 is 1.74 bits per heavy atom. The molecule has 0 radical (unpaired) electrons. The van der Waals surface area contributed by atoms with Gasteiger partial charge in [0.1, 0.15) is 0 Å². The summed E-state index contributed by atoms with van der Waals surface area (Å²) in [6, 6.07) is 0. The fraction of sp³-hybridized carbons (Fsp3) is 0.944. The molecule has 2 heterocycles. The van der Waals surface area contributed by atoms with Crippen molar-refractivity contribution in [2.45, 2.75) is 63.8 Å². The van der Waals surface area contributed by atoms with Gasteiger partial charge in [-0.05, 0) is 57.8 Å². The summed E-state index contributed by atoms with van der Waals surface area (Å²) in [5.41, 5.74) is 0.256. The molecule has 0 aromatic carbocycles. The van der Waals surface area contributed by atoms with Crippen molar-refractivity contribution in [1.29, 1.82) is 0 Å². The fourth-order valence-corrected chi connectivity index (χ4v) is 4.47. The van der Waals surface area contributed by atoms with Crippen LogP contribution in [0.5, 0.6) is 0 Å². The van der Waals surface area contributed by atoms with Gasteiger partial charge < -0.3 is 10.6 Å². The number of nitrogens with one attached hydrogen (secondary N) is 2. The SMILES string of the molecule is CC(C(=O)NCC1(N2CCCCC2)CCCCC1)C1CNC1.Cl. The van der Waals surface area contributed by atoms with E-state index in [1.807, 2.05) is 0 Å². The number of likely N-dealkylation sites (tertiary alicyclic amines) is 1. The lowest BCUT2D eigenvalue weighted by atomic mass is 9.79. The van der Waals surface area contributed by atoms with E-state index in [2.05, 4.69) is 22.5 Å². The summed E-state index contributed by atoms with van der Waals surface area (Å²) in [6.07, 6.45) is 10.6. The van der Waals surface area contributed by atoms with Gasteiger partial charge in [0.15, 0.2) is 0 Å². The van der Waals surface area contributed by atoms with Crippen LogP contribution in [-0.2, 0) is 4.79 Å². The summed E-state index contributed by atoms with van der Waals surface area (Å²) in [6.45, 7) is 7.44. The van der Waals surface area contributed by atoms with Gasteiger partial charge in [-0.25, -0.2) is 0 Å². The minimum Gasteiger partial charge on any atom is -0.354 e. The van der Waals surface area contributed by atoms with Gasteiger partial charge >= 0.3 is 0 Å². The number of carbonyl (C=O) groups is 1. The van der Waals surface area contributed by atoms with Crippen molar-refractivity contribution >= 4 is 18.3 Å². The Morgan fingerprint density at radius 3 is 2.30 bits per heavy atom. The quantitative estimate of drug-likeness (QED) is 0.806. The maximum atomic E-state index is 12.5. The number of halogens is 1. The van der Waals surface area contributed by atoms with Crippen LogP contribution in [0.2, 0.25) is 0 Å². The molecule has 1 amide bonds. The van der Waals surface area contributed by atoms with Crippen LogP contribution in [0.3, 0.4) is 0 Å². The first-order valence-electron chi connectivity index (χ1n) is 9.45. The smallest absolute Gasteiger partial charge is 0.223 e. The van der Waals surface area contributed by atoms with Gasteiger partial charge in [-0.2, -0.15) is 0 Å². The van der Waals surface area contributed by atoms with E-state index in [0.29, 0.717) is 5.92 Å². The van der Waals surface area contributed by atoms with Crippen LogP contribution >= 0.6 is 12.4 Å². The molecule has 3 fully saturated rings. The molecule has 2 N–H and O–H groups in total. The Bertz CT molecular complexity index is 374. The molecule has 4 nitrogen and oxygen atoms in total. The minimum absolute atomic E-state index is 0. The normalized spacial score (nSPS) is 26.7. The van der Waals surface area contributed by atoms with Crippen molar-refractivity contribution in [3.8, 4) is 0 Å². The zero-order valence-electron chi connectivity index (χ0n) is 14.6. The van der Waals surface area contributed by atoms with Crippen molar-refractivity contribution in [1.82, 2.24) is 15.5 Å². The minimum atomic E-state index is 0. The first-order chi connectivity index (χ1) is 10.7. The molecular formula is C18H34ClN3O. The van der Waals surface area contributed by atoms with Gasteiger partial charge in [-0.3, -0.25) is 9.69 Å². The lowest BCUT2D eigenvalue weighted by molar-refractivity contribution is -0.127. The highest BCUT2D eigenvalue weighted by Crippen LogP contribution is 2.35. The Hall–Kier alpha value is -0.320. The van der Waals surface area contributed by atoms with Gasteiger partial charge in [-0.15, -0.1) is 12.4 Å². The van der Waals surface area contributed by atoms with Crippen LogP contribution in [0.15, 0.2) is 0 Å². The summed E-state index contributed by atoms with van der Waals surface area (Å²) in [5.74, 6) is 0.967. The van der Waals surface area contributed by atoms with Crippen LogP contribution in [0.25, 0.3) is 0 Å². The third kappa shape index (κ3) is 4.40. The lowest BCUT2D eigenvalue weighted by Gasteiger charge is -2.48. The predicted molar refractivity (Wildman–Crippen MR) is 97.0 cm³/mol. The number of nitrogens with zero attached hydrogens (tertiary/aromatic N) is 1. The van der Waals surface area contributed by atoms with E-state index in [1.54, 1.807) is 0 Å². The fourth-order valence-electron chi connectivity index (χ4n) is 4.47. The van der Waals surface area contributed by atoms with E-state index in [9.17, 15) is 4.79 Å². The van der Waals surface area contributed by atoms with E-state index in [0.717, 1.165) is 19.6 Å². The molecular weight excluding hydrogens is 310 g/mol. The summed E-state index contributed by atoms with van der Waals surface area (Å²) >= 11 is 0. The van der Waals surface area contributed by atoms with Gasteiger partial charge in [-0.1, -0.05) is 32.6 Å². The highest BCUT2D eigenvalue weighted by Gasteiger charge is 2.39. The van der Waals surface area contributed by atoms with E-state index in [-0.39, 0.29) is 29.8 Å². The van der Waals surface area contributed by atoms with Gasteiger partial charge in [0, 0.05) is 18.0 Å². The van der Waals surface area contributed by atoms with Crippen molar-refractivity contribution in [2.24, 2.45) is 11.8 Å². The molecule has 0 aromatic rings.